The average Bonchev–Trinajstić information content (AvgIpc) is 2.46. The van der Waals surface area contributed by atoms with Gasteiger partial charge in [0.15, 0.2) is 0 Å². The van der Waals surface area contributed by atoms with Gasteiger partial charge in [-0.2, -0.15) is 0 Å². The maximum absolute atomic E-state index is 11.5. The van der Waals surface area contributed by atoms with Gasteiger partial charge in [-0.3, -0.25) is 4.79 Å². The Bertz CT molecular complexity index is 173. The number of hydrogen-bond acceptors (Lipinski definition) is 3. The molecule has 0 amide bonds. The van der Waals surface area contributed by atoms with Crippen LogP contribution in [0.2, 0.25) is 0 Å². The molecule has 2 heterocycles. The fourth-order valence-electron chi connectivity index (χ4n) is 1.86. The molecule has 0 bridgehead atoms. The predicted octanol–water partition coefficient (Wildman–Crippen LogP) is -0.0445. The van der Waals surface area contributed by atoms with Crippen molar-refractivity contribution in [2.75, 3.05) is 26.3 Å². The van der Waals surface area contributed by atoms with Gasteiger partial charge < -0.3 is 10.1 Å². The summed E-state index contributed by atoms with van der Waals surface area (Å²) in [7, 11) is 0. The van der Waals surface area contributed by atoms with Crippen LogP contribution in [0.25, 0.3) is 0 Å². The molecule has 0 aromatic carbocycles. The van der Waals surface area contributed by atoms with E-state index in [1.807, 2.05) is 0 Å². The highest BCUT2D eigenvalue weighted by molar-refractivity contribution is 5.86. The van der Waals surface area contributed by atoms with Crippen LogP contribution in [0.5, 0.6) is 0 Å². The Balaban J connectivity index is 2.13. The van der Waals surface area contributed by atoms with Gasteiger partial charge in [0.25, 0.3) is 0 Å². The van der Waals surface area contributed by atoms with Crippen molar-refractivity contribution >= 4 is 5.78 Å². The smallest absolute Gasteiger partial charge is 0.143 e. The maximum atomic E-state index is 11.5. The minimum Gasteiger partial charge on any atom is -0.380 e. The summed E-state index contributed by atoms with van der Waals surface area (Å²) in [6.45, 7) is 3.07. The molecule has 1 unspecified atom stereocenters. The number of rotatable bonds is 0. The molecular formula is C8H13NO2. The molecule has 0 saturated carbocycles. The van der Waals surface area contributed by atoms with E-state index in [9.17, 15) is 4.79 Å². The van der Waals surface area contributed by atoms with Crippen LogP contribution >= 0.6 is 0 Å². The normalized spacial score (nSPS) is 38.4. The number of carbonyl (C=O) groups is 1. The molecule has 3 nitrogen and oxygen atoms in total. The van der Waals surface area contributed by atoms with Crippen molar-refractivity contribution in [1.82, 2.24) is 5.32 Å². The van der Waals surface area contributed by atoms with E-state index in [0.29, 0.717) is 18.8 Å². The summed E-state index contributed by atoms with van der Waals surface area (Å²) >= 11 is 0. The lowest BCUT2D eigenvalue weighted by atomic mass is 9.79. The van der Waals surface area contributed by atoms with Gasteiger partial charge in [-0.1, -0.05) is 0 Å². The zero-order chi connectivity index (χ0) is 7.73. The van der Waals surface area contributed by atoms with Crippen LogP contribution in [0.1, 0.15) is 12.8 Å². The zero-order valence-corrected chi connectivity index (χ0v) is 6.56. The summed E-state index contributed by atoms with van der Waals surface area (Å²) in [5, 5.41) is 3.25. The lowest BCUT2D eigenvalue weighted by Gasteiger charge is -2.30. The third-order valence-electron chi connectivity index (χ3n) is 2.69. The van der Waals surface area contributed by atoms with Gasteiger partial charge in [0, 0.05) is 26.1 Å². The van der Waals surface area contributed by atoms with Crippen LogP contribution in [0.4, 0.5) is 0 Å². The molecule has 2 saturated heterocycles. The van der Waals surface area contributed by atoms with Gasteiger partial charge >= 0.3 is 0 Å². The number of nitrogens with one attached hydrogen (secondary N) is 1. The summed E-state index contributed by atoms with van der Waals surface area (Å²) in [5.74, 6) is 0.397. The minimum atomic E-state index is -0.141. The number of hydrogen-bond donors (Lipinski definition) is 1. The molecule has 2 aliphatic heterocycles. The number of piperidine rings is 1. The van der Waals surface area contributed by atoms with Crippen LogP contribution < -0.4 is 5.32 Å². The summed E-state index contributed by atoms with van der Waals surface area (Å²) in [5.41, 5.74) is -0.141. The largest absolute Gasteiger partial charge is 0.380 e. The van der Waals surface area contributed by atoms with Crippen LogP contribution in [0.15, 0.2) is 0 Å². The SMILES string of the molecule is O=C1CCNCC12CCOC2. The van der Waals surface area contributed by atoms with Gasteiger partial charge in [0.2, 0.25) is 0 Å². The Labute approximate surface area is 66.1 Å². The molecule has 1 N–H and O–H groups in total. The summed E-state index contributed by atoms with van der Waals surface area (Å²) in [6.07, 6.45) is 1.60. The number of ether oxygens (including phenoxy) is 1. The van der Waals surface area contributed by atoms with E-state index >= 15 is 0 Å². The monoisotopic (exact) mass is 155 g/mol. The van der Waals surface area contributed by atoms with Crippen LogP contribution in [0, 0.1) is 5.41 Å². The molecule has 0 radical (unpaired) electrons. The summed E-state index contributed by atoms with van der Waals surface area (Å²) < 4.78 is 5.25. The second-order valence-corrected chi connectivity index (χ2v) is 3.43. The van der Waals surface area contributed by atoms with Crippen LogP contribution in [0.3, 0.4) is 0 Å². The lowest BCUT2D eigenvalue weighted by molar-refractivity contribution is -0.130. The van der Waals surface area contributed by atoms with E-state index in [1.165, 1.54) is 0 Å². The summed E-state index contributed by atoms with van der Waals surface area (Å²) in [4.78, 5) is 11.5. The molecule has 0 aromatic rings. The molecule has 0 aromatic heterocycles. The first-order valence-corrected chi connectivity index (χ1v) is 4.15. The van der Waals surface area contributed by atoms with Gasteiger partial charge in [0.1, 0.15) is 5.78 Å². The Morgan fingerprint density at radius 2 is 2.45 bits per heavy atom. The molecule has 2 rings (SSSR count). The van der Waals surface area contributed by atoms with E-state index in [1.54, 1.807) is 0 Å². The highest BCUT2D eigenvalue weighted by Crippen LogP contribution is 2.31. The highest BCUT2D eigenvalue weighted by atomic mass is 16.5. The number of ketones is 1. The third kappa shape index (κ3) is 1.08. The molecule has 62 valence electrons. The maximum Gasteiger partial charge on any atom is 0.143 e. The van der Waals surface area contributed by atoms with E-state index in [4.69, 9.17) is 4.74 Å². The number of Topliss-reactive ketones (excluding diaryl/α,β-unsaturated/α-hetero) is 1. The molecule has 11 heavy (non-hydrogen) atoms. The Hall–Kier alpha value is -0.410. The van der Waals surface area contributed by atoms with Gasteiger partial charge in [-0.15, -0.1) is 0 Å². The topological polar surface area (TPSA) is 38.3 Å². The van der Waals surface area contributed by atoms with E-state index < -0.39 is 0 Å². The first-order valence-electron chi connectivity index (χ1n) is 4.15. The van der Waals surface area contributed by atoms with E-state index in [-0.39, 0.29) is 5.41 Å². The fraction of sp³-hybridized carbons (Fsp3) is 0.875. The quantitative estimate of drug-likeness (QED) is 0.533. The van der Waals surface area contributed by atoms with Crippen molar-refractivity contribution in [2.24, 2.45) is 5.41 Å². The molecule has 1 spiro atoms. The Morgan fingerprint density at radius 1 is 1.55 bits per heavy atom. The Kier molecular flexibility index (Phi) is 1.69. The highest BCUT2D eigenvalue weighted by Gasteiger charge is 2.42. The van der Waals surface area contributed by atoms with Crippen LogP contribution in [-0.4, -0.2) is 32.1 Å². The van der Waals surface area contributed by atoms with Gasteiger partial charge in [-0.25, -0.2) is 0 Å². The summed E-state index contributed by atoms with van der Waals surface area (Å²) in [6, 6.07) is 0. The van der Waals surface area contributed by atoms with Crippen molar-refractivity contribution in [2.45, 2.75) is 12.8 Å². The molecule has 2 aliphatic rings. The first-order chi connectivity index (χ1) is 5.33. The average molecular weight is 155 g/mol. The van der Waals surface area contributed by atoms with Crippen molar-refractivity contribution < 1.29 is 9.53 Å². The second-order valence-electron chi connectivity index (χ2n) is 3.43. The first kappa shape index (κ1) is 7.25. The van der Waals surface area contributed by atoms with Crippen molar-refractivity contribution in [1.29, 1.82) is 0 Å². The predicted molar refractivity (Wildman–Crippen MR) is 40.4 cm³/mol. The standard InChI is InChI=1S/C8H13NO2/c10-7-1-3-9-5-8(7)2-4-11-6-8/h9H,1-6H2. The molecule has 3 heteroatoms. The van der Waals surface area contributed by atoms with Crippen molar-refractivity contribution in [3.63, 3.8) is 0 Å². The molecule has 1 atom stereocenters. The van der Waals surface area contributed by atoms with Crippen LogP contribution in [-0.2, 0) is 9.53 Å². The fourth-order valence-corrected chi connectivity index (χ4v) is 1.86. The van der Waals surface area contributed by atoms with Gasteiger partial charge in [0.05, 0.1) is 12.0 Å². The van der Waals surface area contributed by atoms with Gasteiger partial charge in [-0.05, 0) is 6.42 Å². The third-order valence-corrected chi connectivity index (χ3v) is 2.69. The minimum absolute atomic E-state index is 0.141. The Morgan fingerprint density at radius 3 is 3.09 bits per heavy atom. The number of carbonyl (C=O) groups excluding carboxylic acids is 1. The van der Waals surface area contributed by atoms with Crippen molar-refractivity contribution in [3.8, 4) is 0 Å². The molecule has 0 aliphatic carbocycles. The zero-order valence-electron chi connectivity index (χ0n) is 6.56. The molecular weight excluding hydrogens is 142 g/mol. The van der Waals surface area contributed by atoms with Crippen molar-refractivity contribution in [3.05, 3.63) is 0 Å². The lowest BCUT2D eigenvalue weighted by Crippen LogP contribution is -2.47. The second kappa shape index (κ2) is 2.57. The van der Waals surface area contributed by atoms with E-state index in [2.05, 4.69) is 5.32 Å². The van der Waals surface area contributed by atoms with E-state index in [0.717, 1.165) is 26.1 Å². The molecule has 2 fully saturated rings.